The number of benzene rings is 1. The van der Waals surface area contributed by atoms with Crippen molar-refractivity contribution in [2.75, 3.05) is 0 Å². The zero-order chi connectivity index (χ0) is 14.1. The van der Waals surface area contributed by atoms with Gasteiger partial charge in [-0.2, -0.15) is 0 Å². The van der Waals surface area contributed by atoms with Crippen molar-refractivity contribution in [2.45, 2.75) is 13.8 Å². The summed E-state index contributed by atoms with van der Waals surface area (Å²) < 4.78 is 0. The van der Waals surface area contributed by atoms with Crippen LogP contribution < -0.4 is 10.4 Å². The third kappa shape index (κ3) is 2.18. The van der Waals surface area contributed by atoms with Crippen molar-refractivity contribution < 1.29 is 4.79 Å². The molecule has 1 heterocycles. The molecule has 0 fully saturated rings. The molecule has 1 aliphatic heterocycles. The topological polar surface area (TPSA) is 41.8 Å². The van der Waals surface area contributed by atoms with Crippen LogP contribution in [0.2, 0.25) is 0 Å². The third-order valence-electron chi connectivity index (χ3n) is 3.40. The number of hydrogen-bond acceptors (Lipinski definition) is 3. The van der Waals surface area contributed by atoms with Gasteiger partial charge in [-0.3, -0.25) is 4.79 Å². The normalized spacial score (nSPS) is 17.6. The maximum atomic E-state index is 11.2. The Morgan fingerprint density at radius 2 is 1.35 bits per heavy atom. The minimum Gasteiger partial charge on any atom is -0.290 e. The Labute approximate surface area is 117 Å². The zero-order valence-corrected chi connectivity index (χ0v) is 11.4. The first-order valence-electron chi connectivity index (χ1n) is 6.50. The Morgan fingerprint density at radius 3 is 1.95 bits per heavy atom. The highest BCUT2D eigenvalue weighted by Crippen LogP contribution is 2.09. The minimum absolute atomic E-state index is 0.0162. The van der Waals surface area contributed by atoms with Crippen molar-refractivity contribution in [1.29, 1.82) is 0 Å². The smallest absolute Gasteiger partial charge is 0.178 e. The second kappa shape index (κ2) is 4.85. The highest BCUT2D eigenvalue weighted by Gasteiger charge is 2.09. The molecule has 1 aromatic rings. The van der Waals surface area contributed by atoms with E-state index in [0.717, 1.165) is 33.3 Å². The molecule has 0 spiro atoms. The predicted molar refractivity (Wildman–Crippen MR) is 82.0 cm³/mol. The van der Waals surface area contributed by atoms with Crippen LogP contribution in [-0.2, 0) is 4.79 Å². The Bertz CT molecular complexity index is 798. The summed E-state index contributed by atoms with van der Waals surface area (Å²) in [5, 5.41) is 2.03. The van der Waals surface area contributed by atoms with Gasteiger partial charge in [0.15, 0.2) is 11.6 Å². The first kappa shape index (κ1) is 12.5. The number of aliphatic imine (C=N–C) groups is 2. The molecule has 2 aliphatic rings. The molecule has 1 aliphatic carbocycles. The molecular weight excluding hydrogens is 248 g/mol. The van der Waals surface area contributed by atoms with Gasteiger partial charge < -0.3 is 0 Å². The van der Waals surface area contributed by atoms with Crippen molar-refractivity contribution in [1.82, 2.24) is 0 Å². The van der Waals surface area contributed by atoms with E-state index in [1.165, 1.54) is 0 Å². The lowest BCUT2D eigenvalue weighted by Crippen LogP contribution is -2.27. The molecule has 0 atom stereocenters. The average molecular weight is 262 g/mol. The summed E-state index contributed by atoms with van der Waals surface area (Å²) in [6.45, 7) is 3.92. The lowest BCUT2D eigenvalue weighted by Gasteiger charge is -2.01. The van der Waals surface area contributed by atoms with Crippen molar-refractivity contribution in [3.05, 3.63) is 59.0 Å². The molecule has 3 nitrogen and oxygen atoms in total. The number of hydrogen-bond donors (Lipinski definition) is 0. The van der Waals surface area contributed by atoms with Gasteiger partial charge in [-0.25, -0.2) is 9.98 Å². The maximum Gasteiger partial charge on any atom is 0.178 e. The van der Waals surface area contributed by atoms with Crippen LogP contribution in [0.25, 0.3) is 11.4 Å². The summed E-state index contributed by atoms with van der Waals surface area (Å²) in [5.41, 5.74) is 2.90. The number of ketones is 1. The van der Waals surface area contributed by atoms with E-state index in [1.807, 2.05) is 50.3 Å². The summed E-state index contributed by atoms with van der Waals surface area (Å²) in [6.07, 6.45) is 6.83. The first-order valence-corrected chi connectivity index (χ1v) is 6.50. The van der Waals surface area contributed by atoms with Crippen LogP contribution in [0.1, 0.15) is 13.8 Å². The van der Waals surface area contributed by atoms with Crippen LogP contribution in [0, 0.1) is 0 Å². The SMILES string of the molecule is CC1=NC(=c2ccccc2=C2C=CC(=O)C=C2)N=C1C. The second-order valence-corrected chi connectivity index (χ2v) is 4.79. The summed E-state index contributed by atoms with van der Waals surface area (Å²) in [6, 6.07) is 7.99. The van der Waals surface area contributed by atoms with Gasteiger partial charge in [0.05, 0.1) is 11.4 Å². The van der Waals surface area contributed by atoms with E-state index in [1.54, 1.807) is 12.2 Å². The van der Waals surface area contributed by atoms with Gasteiger partial charge in [0.1, 0.15) is 0 Å². The number of allylic oxidation sites excluding steroid dienone is 4. The Morgan fingerprint density at radius 1 is 0.800 bits per heavy atom. The lowest BCUT2D eigenvalue weighted by molar-refractivity contribution is -0.110. The Hall–Kier alpha value is -2.55. The summed E-state index contributed by atoms with van der Waals surface area (Å²) in [4.78, 5) is 20.3. The van der Waals surface area contributed by atoms with Crippen LogP contribution in [0.4, 0.5) is 0 Å². The largest absolute Gasteiger partial charge is 0.290 e. The zero-order valence-electron chi connectivity index (χ0n) is 11.4. The van der Waals surface area contributed by atoms with Crippen LogP contribution in [0.5, 0.6) is 0 Å². The van der Waals surface area contributed by atoms with Crippen molar-refractivity contribution in [3.8, 4) is 0 Å². The number of carbonyl (C=O) groups is 1. The van der Waals surface area contributed by atoms with Crippen molar-refractivity contribution >= 4 is 28.6 Å². The maximum absolute atomic E-state index is 11.2. The van der Waals surface area contributed by atoms with Crippen LogP contribution >= 0.6 is 0 Å². The van der Waals surface area contributed by atoms with Gasteiger partial charge >= 0.3 is 0 Å². The molecule has 0 amide bonds. The molecule has 1 aromatic carbocycles. The second-order valence-electron chi connectivity index (χ2n) is 4.79. The first-order chi connectivity index (χ1) is 9.65. The van der Waals surface area contributed by atoms with Crippen LogP contribution in [0.15, 0.2) is 58.6 Å². The summed E-state index contributed by atoms with van der Waals surface area (Å²) in [5.74, 6) is 0.754. The quantitative estimate of drug-likeness (QED) is 0.699. The summed E-state index contributed by atoms with van der Waals surface area (Å²) in [7, 11) is 0. The number of carbonyl (C=O) groups excluding carboxylic acids is 1. The molecule has 3 rings (SSSR count). The van der Waals surface area contributed by atoms with E-state index in [0.29, 0.717) is 0 Å². The van der Waals surface area contributed by atoms with Crippen LogP contribution in [0.3, 0.4) is 0 Å². The lowest BCUT2D eigenvalue weighted by atomic mass is 10.0. The highest BCUT2D eigenvalue weighted by molar-refractivity contribution is 6.43. The van der Waals surface area contributed by atoms with Gasteiger partial charge in [-0.1, -0.05) is 36.4 Å². The third-order valence-corrected chi connectivity index (χ3v) is 3.40. The van der Waals surface area contributed by atoms with E-state index < -0.39 is 0 Å². The Kier molecular flexibility index (Phi) is 3.03. The molecule has 0 radical (unpaired) electrons. The standard InChI is InChI=1S/C17H14N2O/c1-11-12(2)19-17(18-11)16-6-4-3-5-15(16)13-7-9-14(20)10-8-13/h3-10H,1-2H3. The van der Waals surface area contributed by atoms with E-state index in [4.69, 9.17) is 0 Å². The van der Waals surface area contributed by atoms with Gasteiger partial charge in [0, 0.05) is 5.22 Å². The molecular formula is C17H14N2O. The fraction of sp³-hybridized carbons (Fsp3) is 0.118. The average Bonchev–Trinajstić information content (AvgIpc) is 2.79. The van der Waals surface area contributed by atoms with Gasteiger partial charge in [0.25, 0.3) is 0 Å². The van der Waals surface area contributed by atoms with Gasteiger partial charge in [0.2, 0.25) is 0 Å². The fourth-order valence-electron chi connectivity index (χ4n) is 2.19. The predicted octanol–water partition coefficient (Wildman–Crippen LogP) is 1.53. The van der Waals surface area contributed by atoms with Crippen molar-refractivity contribution in [2.24, 2.45) is 9.98 Å². The van der Waals surface area contributed by atoms with E-state index in [9.17, 15) is 4.79 Å². The molecule has 3 heteroatoms. The highest BCUT2D eigenvalue weighted by atomic mass is 16.1. The van der Waals surface area contributed by atoms with Crippen molar-refractivity contribution in [3.63, 3.8) is 0 Å². The monoisotopic (exact) mass is 262 g/mol. The molecule has 0 unspecified atom stereocenters. The van der Waals surface area contributed by atoms with E-state index >= 15 is 0 Å². The molecule has 0 aromatic heterocycles. The number of rotatable bonds is 0. The number of nitrogens with zero attached hydrogens (tertiary/aromatic N) is 2. The van der Waals surface area contributed by atoms with Crippen LogP contribution in [-0.4, -0.2) is 17.2 Å². The molecule has 0 bridgehead atoms. The fourth-order valence-corrected chi connectivity index (χ4v) is 2.19. The summed E-state index contributed by atoms with van der Waals surface area (Å²) >= 11 is 0. The molecule has 98 valence electrons. The van der Waals surface area contributed by atoms with Gasteiger partial charge in [-0.15, -0.1) is 0 Å². The molecule has 0 saturated carbocycles. The van der Waals surface area contributed by atoms with Gasteiger partial charge in [-0.05, 0) is 36.8 Å². The minimum atomic E-state index is 0.0162. The molecule has 0 saturated heterocycles. The molecule has 20 heavy (non-hydrogen) atoms. The molecule has 0 N–H and O–H groups in total. The van der Waals surface area contributed by atoms with E-state index in [-0.39, 0.29) is 5.78 Å². The Balaban J connectivity index is 2.35. The van der Waals surface area contributed by atoms with E-state index in [2.05, 4.69) is 9.98 Å².